The molecule has 6 nitrogen and oxygen atoms in total. The molecule has 0 aliphatic carbocycles. The number of nitrogens with zero attached hydrogens (tertiary/aromatic N) is 2. The topological polar surface area (TPSA) is 68.8 Å². The smallest absolute Gasteiger partial charge is 0.251 e. The third-order valence-corrected chi connectivity index (χ3v) is 4.49. The Hall–Kier alpha value is -1.35. The maximum atomic E-state index is 11.7. The summed E-state index contributed by atoms with van der Waals surface area (Å²) in [5.74, 6) is 0.710. The molecule has 1 rings (SSSR count). The van der Waals surface area contributed by atoms with E-state index in [1.165, 1.54) is 6.42 Å². The Morgan fingerprint density at radius 2 is 1.96 bits per heavy atom. The van der Waals surface area contributed by atoms with Gasteiger partial charge in [-0.2, -0.15) is 0 Å². The molecule has 0 heterocycles. The van der Waals surface area contributed by atoms with Crippen molar-refractivity contribution in [2.45, 2.75) is 46.2 Å². The van der Waals surface area contributed by atoms with Crippen molar-refractivity contribution < 1.29 is 4.79 Å². The summed E-state index contributed by atoms with van der Waals surface area (Å²) < 4.78 is 0. The molecule has 0 aliphatic heterocycles. The summed E-state index contributed by atoms with van der Waals surface area (Å²) in [5.41, 5.74) is 1.71. The lowest BCUT2D eigenvalue weighted by atomic mass is 10.1. The van der Waals surface area contributed by atoms with Crippen LogP contribution in [0.1, 0.15) is 49.5 Å². The molecule has 0 saturated heterocycles. The van der Waals surface area contributed by atoms with E-state index in [1.54, 1.807) is 14.1 Å². The van der Waals surface area contributed by atoms with Crippen molar-refractivity contribution in [1.29, 1.82) is 0 Å². The van der Waals surface area contributed by atoms with Crippen LogP contribution in [0.4, 0.5) is 0 Å². The molecule has 1 unspecified atom stereocenters. The Balaban J connectivity index is 0.00000676. The zero-order valence-corrected chi connectivity index (χ0v) is 19.7. The Labute approximate surface area is 181 Å². The number of carbonyl (C=O) groups is 1. The molecule has 0 saturated carbocycles. The Kier molecular flexibility index (Phi) is 13.9. The maximum Gasteiger partial charge on any atom is 0.251 e. The van der Waals surface area contributed by atoms with Crippen LogP contribution in [0.2, 0.25) is 0 Å². The average Bonchev–Trinajstić information content (AvgIpc) is 2.68. The standard InChI is InChI=1S/C20H35N5O.HI/c1-6-25(7-2)13-9-10-16(3)24-20(22-5)23-15-17-11-8-12-18(14-17)19(26)21-4;/h8,11-12,14,16H,6-7,9-10,13,15H2,1-5H3,(H,21,26)(H2,22,23,24);1H. The first-order valence-corrected chi connectivity index (χ1v) is 9.54. The number of guanidine groups is 1. The molecular formula is C20H36IN5O. The summed E-state index contributed by atoms with van der Waals surface area (Å²) in [4.78, 5) is 18.5. The number of rotatable bonds is 10. The van der Waals surface area contributed by atoms with E-state index in [2.05, 4.69) is 46.6 Å². The summed E-state index contributed by atoms with van der Waals surface area (Å²) in [5, 5.41) is 9.40. The van der Waals surface area contributed by atoms with E-state index < -0.39 is 0 Å². The van der Waals surface area contributed by atoms with Gasteiger partial charge in [0.15, 0.2) is 5.96 Å². The highest BCUT2D eigenvalue weighted by molar-refractivity contribution is 14.0. The van der Waals surface area contributed by atoms with Crippen LogP contribution in [0.5, 0.6) is 0 Å². The van der Waals surface area contributed by atoms with Crippen LogP contribution in [-0.4, -0.2) is 56.5 Å². The number of hydrogen-bond acceptors (Lipinski definition) is 3. The summed E-state index contributed by atoms with van der Waals surface area (Å²) >= 11 is 0. The molecule has 3 N–H and O–H groups in total. The lowest BCUT2D eigenvalue weighted by Gasteiger charge is -2.21. The van der Waals surface area contributed by atoms with Gasteiger partial charge in [-0.1, -0.05) is 26.0 Å². The van der Waals surface area contributed by atoms with Gasteiger partial charge in [-0.25, -0.2) is 0 Å². The van der Waals surface area contributed by atoms with Gasteiger partial charge >= 0.3 is 0 Å². The van der Waals surface area contributed by atoms with Gasteiger partial charge in [0.25, 0.3) is 5.91 Å². The van der Waals surface area contributed by atoms with E-state index in [4.69, 9.17) is 0 Å². The summed E-state index contributed by atoms with van der Waals surface area (Å²) in [6, 6.07) is 7.96. The molecule has 0 radical (unpaired) electrons. The molecule has 1 amide bonds. The second-order valence-electron chi connectivity index (χ2n) is 6.42. The Morgan fingerprint density at radius 1 is 1.26 bits per heavy atom. The van der Waals surface area contributed by atoms with Crippen molar-refractivity contribution in [2.24, 2.45) is 4.99 Å². The molecule has 0 spiro atoms. The van der Waals surface area contributed by atoms with Gasteiger partial charge < -0.3 is 20.9 Å². The molecule has 0 bridgehead atoms. The van der Waals surface area contributed by atoms with Crippen LogP contribution in [-0.2, 0) is 6.54 Å². The zero-order chi connectivity index (χ0) is 19.4. The highest BCUT2D eigenvalue weighted by Gasteiger charge is 2.08. The number of carbonyl (C=O) groups excluding carboxylic acids is 1. The van der Waals surface area contributed by atoms with Crippen LogP contribution in [0.3, 0.4) is 0 Å². The van der Waals surface area contributed by atoms with Gasteiger partial charge in [-0.05, 0) is 57.1 Å². The Morgan fingerprint density at radius 3 is 2.56 bits per heavy atom. The molecule has 0 aliphatic rings. The number of aliphatic imine (C=N–C) groups is 1. The van der Waals surface area contributed by atoms with Crippen LogP contribution in [0, 0.1) is 0 Å². The summed E-state index contributed by atoms with van der Waals surface area (Å²) in [7, 11) is 3.42. The number of halogens is 1. The molecule has 154 valence electrons. The minimum absolute atomic E-state index is 0. The first kappa shape index (κ1) is 25.6. The molecule has 1 atom stereocenters. The highest BCUT2D eigenvalue weighted by atomic mass is 127. The monoisotopic (exact) mass is 489 g/mol. The van der Waals surface area contributed by atoms with E-state index in [9.17, 15) is 4.79 Å². The molecule has 7 heteroatoms. The van der Waals surface area contributed by atoms with Gasteiger partial charge in [-0.15, -0.1) is 24.0 Å². The molecule has 1 aromatic carbocycles. The van der Waals surface area contributed by atoms with Crippen LogP contribution in [0.25, 0.3) is 0 Å². The van der Waals surface area contributed by atoms with Crippen LogP contribution in [0.15, 0.2) is 29.3 Å². The fraction of sp³-hybridized carbons (Fsp3) is 0.600. The maximum absolute atomic E-state index is 11.7. The molecule has 0 fully saturated rings. The van der Waals surface area contributed by atoms with E-state index in [0.29, 0.717) is 18.2 Å². The average molecular weight is 489 g/mol. The predicted molar refractivity (Wildman–Crippen MR) is 125 cm³/mol. The number of amides is 1. The van der Waals surface area contributed by atoms with E-state index in [1.807, 2.05) is 24.3 Å². The quantitative estimate of drug-likeness (QED) is 0.269. The van der Waals surface area contributed by atoms with Crippen molar-refractivity contribution in [2.75, 3.05) is 33.7 Å². The zero-order valence-electron chi connectivity index (χ0n) is 17.3. The second-order valence-corrected chi connectivity index (χ2v) is 6.42. The SMILES string of the molecule is CCN(CC)CCCC(C)NC(=NC)NCc1cccc(C(=O)NC)c1.I. The highest BCUT2D eigenvalue weighted by Crippen LogP contribution is 2.05. The molecule has 27 heavy (non-hydrogen) atoms. The Bertz CT molecular complexity index is 575. The van der Waals surface area contributed by atoms with Gasteiger partial charge in [-0.3, -0.25) is 9.79 Å². The minimum Gasteiger partial charge on any atom is -0.355 e. The van der Waals surface area contributed by atoms with Gasteiger partial charge in [0.2, 0.25) is 0 Å². The molecular weight excluding hydrogens is 453 g/mol. The predicted octanol–water partition coefficient (Wildman–Crippen LogP) is 2.84. The molecule has 1 aromatic rings. The van der Waals surface area contributed by atoms with E-state index in [-0.39, 0.29) is 29.9 Å². The van der Waals surface area contributed by atoms with E-state index >= 15 is 0 Å². The lowest BCUT2D eigenvalue weighted by molar-refractivity contribution is 0.0963. The second kappa shape index (κ2) is 14.7. The van der Waals surface area contributed by atoms with Crippen molar-refractivity contribution in [1.82, 2.24) is 20.9 Å². The van der Waals surface area contributed by atoms with Gasteiger partial charge in [0, 0.05) is 32.2 Å². The van der Waals surface area contributed by atoms with Crippen molar-refractivity contribution in [3.63, 3.8) is 0 Å². The van der Waals surface area contributed by atoms with Crippen molar-refractivity contribution in [3.8, 4) is 0 Å². The fourth-order valence-corrected chi connectivity index (χ4v) is 2.81. The summed E-state index contributed by atoms with van der Waals surface area (Å²) in [6.07, 6.45) is 2.27. The first-order chi connectivity index (χ1) is 12.5. The van der Waals surface area contributed by atoms with Crippen LogP contribution >= 0.6 is 24.0 Å². The summed E-state index contributed by atoms with van der Waals surface area (Å²) in [6.45, 7) is 10.6. The van der Waals surface area contributed by atoms with E-state index in [0.717, 1.165) is 37.6 Å². The number of nitrogens with one attached hydrogen (secondary N) is 3. The fourth-order valence-electron chi connectivity index (χ4n) is 2.81. The lowest BCUT2D eigenvalue weighted by Crippen LogP contribution is -2.42. The van der Waals surface area contributed by atoms with Crippen molar-refractivity contribution in [3.05, 3.63) is 35.4 Å². The van der Waals surface area contributed by atoms with Gasteiger partial charge in [0.05, 0.1) is 0 Å². The minimum atomic E-state index is -0.0730. The largest absolute Gasteiger partial charge is 0.355 e. The third-order valence-electron chi connectivity index (χ3n) is 4.49. The molecule has 0 aromatic heterocycles. The number of benzene rings is 1. The van der Waals surface area contributed by atoms with Gasteiger partial charge in [0.1, 0.15) is 0 Å². The van der Waals surface area contributed by atoms with Crippen molar-refractivity contribution >= 4 is 35.8 Å². The van der Waals surface area contributed by atoms with Crippen LogP contribution < -0.4 is 16.0 Å². The number of hydrogen-bond donors (Lipinski definition) is 3. The third kappa shape index (κ3) is 9.95. The normalized spacial score (nSPS) is 12.3. The first-order valence-electron chi connectivity index (χ1n) is 9.54.